The van der Waals surface area contributed by atoms with Crippen LogP contribution >= 0.6 is 0 Å². The summed E-state index contributed by atoms with van der Waals surface area (Å²) in [6.45, 7) is 0.336. The van der Waals surface area contributed by atoms with Crippen molar-refractivity contribution in [1.82, 2.24) is 9.97 Å². The van der Waals surface area contributed by atoms with Crippen LogP contribution in [0.15, 0.2) is 30.6 Å². The number of aromatic nitrogens is 2. The molecule has 0 unspecified atom stereocenters. The topological polar surface area (TPSA) is 63.8 Å². The lowest BCUT2D eigenvalue weighted by Crippen LogP contribution is -2.07. The van der Waals surface area contributed by atoms with Crippen molar-refractivity contribution in [2.75, 3.05) is 11.1 Å². The van der Waals surface area contributed by atoms with Crippen molar-refractivity contribution in [3.63, 3.8) is 0 Å². The Morgan fingerprint density at radius 3 is 2.82 bits per heavy atom. The van der Waals surface area contributed by atoms with Gasteiger partial charge in [0, 0.05) is 25.0 Å². The van der Waals surface area contributed by atoms with Gasteiger partial charge in [0.25, 0.3) is 0 Å². The fourth-order valence-corrected chi connectivity index (χ4v) is 1.29. The Morgan fingerprint density at radius 1 is 1.29 bits per heavy atom. The van der Waals surface area contributed by atoms with Crippen LogP contribution in [0, 0.1) is 11.6 Å². The number of nitrogens with two attached hydrogens (primary N) is 1. The van der Waals surface area contributed by atoms with Crippen LogP contribution in [0.25, 0.3) is 0 Å². The average Bonchev–Trinajstić information content (AvgIpc) is 2.33. The van der Waals surface area contributed by atoms with E-state index < -0.39 is 11.6 Å². The summed E-state index contributed by atoms with van der Waals surface area (Å²) in [6.07, 6.45) is 3.27. The first-order valence-electron chi connectivity index (χ1n) is 4.91. The number of nitrogen functional groups attached to an aromatic ring is 1. The maximum atomic E-state index is 13.3. The summed E-state index contributed by atoms with van der Waals surface area (Å²) in [5.74, 6) is -2.05. The minimum absolute atomic E-state index is 0.0762. The SMILES string of the molecule is Nc1nc(NCc2cccnc2)c(F)cc1F. The van der Waals surface area contributed by atoms with Gasteiger partial charge in [0.15, 0.2) is 23.3 Å². The first kappa shape index (κ1) is 11.3. The molecule has 17 heavy (non-hydrogen) atoms. The van der Waals surface area contributed by atoms with Gasteiger partial charge in [-0.3, -0.25) is 4.98 Å². The maximum absolute atomic E-state index is 13.3. The van der Waals surface area contributed by atoms with Crippen molar-refractivity contribution in [2.45, 2.75) is 6.54 Å². The summed E-state index contributed by atoms with van der Waals surface area (Å²) in [6, 6.07) is 4.29. The molecule has 0 spiro atoms. The molecule has 2 aromatic rings. The minimum atomic E-state index is -0.866. The number of pyridine rings is 2. The number of halogens is 2. The molecular weight excluding hydrogens is 226 g/mol. The van der Waals surface area contributed by atoms with Gasteiger partial charge in [0.2, 0.25) is 0 Å². The molecule has 2 heterocycles. The summed E-state index contributed by atoms with van der Waals surface area (Å²) < 4.78 is 26.2. The Labute approximate surface area is 96.5 Å². The van der Waals surface area contributed by atoms with E-state index in [1.165, 1.54) is 0 Å². The van der Waals surface area contributed by atoms with Gasteiger partial charge < -0.3 is 11.1 Å². The van der Waals surface area contributed by atoms with Gasteiger partial charge in [-0.05, 0) is 11.6 Å². The summed E-state index contributed by atoms with van der Waals surface area (Å²) in [5, 5.41) is 2.72. The molecule has 4 nitrogen and oxygen atoms in total. The predicted octanol–water partition coefficient (Wildman–Crippen LogP) is 1.95. The van der Waals surface area contributed by atoms with E-state index in [1.807, 2.05) is 6.07 Å². The molecule has 0 saturated carbocycles. The van der Waals surface area contributed by atoms with Crippen LogP contribution in [-0.4, -0.2) is 9.97 Å². The summed E-state index contributed by atoms with van der Waals surface area (Å²) in [7, 11) is 0. The standard InChI is InChI=1S/C11H10F2N4/c12-8-4-9(13)11(17-10(8)14)16-6-7-2-1-3-15-5-7/h1-5H,6H2,(H3,14,16,17). The van der Waals surface area contributed by atoms with Gasteiger partial charge in [-0.15, -0.1) is 0 Å². The first-order chi connectivity index (χ1) is 8.16. The molecule has 0 bridgehead atoms. The van der Waals surface area contributed by atoms with Gasteiger partial charge in [0.05, 0.1) is 0 Å². The molecule has 88 valence electrons. The second-order valence-corrected chi connectivity index (χ2v) is 3.40. The third-order valence-corrected chi connectivity index (χ3v) is 2.14. The van der Waals surface area contributed by atoms with Crippen LogP contribution < -0.4 is 11.1 Å². The first-order valence-corrected chi connectivity index (χ1v) is 4.91. The van der Waals surface area contributed by atoms with Gasteiger partial charge in [-0.2, -0.15) is 0 Å². The number of hydrogen-bond acceptors (Lipinski definition) is 4. The predicted molar refractivity (Wildman–Crippen MR) is 60.1 cm³/mol. The molecule has 0 amide bonds. The Bertz CT molecular complexity index is 516. The van der Waals surface area contributed by atoms with Gasteiger partial charge in [0.1, 0.15) is 0 Å². The Kier molecular flexibility index (Phi) is 3.13. The van der Waals surface area contributed by atoms with E-state index in [0.29, 0.717) is 12.6 Å². The molecule has 0 saturated heterocycles. The molecule has 2 rings (SSSR count). The maximum Gasteiger partial charge on any atom is 0.168 e. The fourth-order valence-electron chi connectivity index (χ4n) is 1.29. The third-order valence-electron chi connectivity index (χ3n) is 2.14. The Morgan fingerprint density at radius 2 is 2.12 bits per heavy atom. The van der Waals surface area contributed by atoms with Crippen LogP contribution in [0.2, 0.25) is 0 Å². The summed E-state index contributed by atoms with van der Waals surface area (Å²) in [4.78, 5) is 7.50. The normalized spacial score (nSPS) is 10.2. The number of rotatable bonds is 3. The number of hydrogen-bond donors (Lipinski definition) is 2. The molecule has 0 fully saturated rings. The van der Waals surface area contributed by atoms with Crippen LogP contribution in [0.5, 0.6) is 0 Å². The molecule has 0 aromatic carbocycles. The number of nitrogens with zero attached hydrogens (tertiary/aromatic N) is 2. The molecule has 0 atom stereocenters. The zero-order valence-corrected chi connectivity index (χ0v) is 8.82. The smallest absolute Gasteiger partial charge is 0.168 e. The molecule has 0 aliphatic rings. The molecule has 0 aliphatic heterocycles. The van der Waals surface area contributed by atoms with E-state index in [0.717, 1.165) is 5.56 Å². The molecule has 6 heteroatoms. The van der Waals surface area contributed by atoms with Crippen molar-refractivity contribution in [3.05, 3.63) is 47.8 Å². The summed E-state index contributed by atoms with van der Waals surface area (Å²) >= 11 is 0. The van der Waals surface area contributed by atoms with Crippen molar-refractivity contribution in [3.8, 4) is 0 Å². The molecule has 2 aromatic heterocycles. The molecular formula is C11H10F2N4. The van der Waals surface area contributed by atoms with Crippen LogP contribution in [0.3, 0.4) is 0 Å². The second-order valence-electron chi connectivity index (χ2n) is 3.40. The molecule has 3 N–H and O–H groups in total. The average molecular weight is 236 g/mol. The van der Waals surface area contributed by atoms with E-state index in [4.69, 9.17) is 5.73 Å². The van der Waals surface area contributed by atoms with Crippen molar-refractivity contribution >= 4 is 11.6 Å². The van der Waals surface area contributed by atoms with E-state index in [-0.39, 0.29) is 11.6 Å². The van der Waals surface area contributed by atoms with E-state index in [9.17, 15) is 8.78 Å². The quantitative estimate of drug-likeness (QED) is 0.854. The lowest BCUT2D eigenvalue weighted by Gasteiger charge is -2.07. The van der Waals surface area contributed by atoms with Crippen LogP contribution in [0.1, 0.15) is 5.56 Å². The largest absolute Gasteiger partial charge is 0.381 e. The highest BCUT2D eigenvalue weighted by molar-refractivity contribution is 5.45. The summed E-state index contributed by atoms with van der Waals surface area (Å²) in [5.41, 5.74) is 6.11. The van der Waals surface area contributed by atoms with E-state index in [1.54, 1.807) is 18.5 Å². The molecule has 0 radical (unpaired) electrons. The van der Waals surface area contributed by atoms with Crippen molar-refractivity contribution in [1.29, 1.82) is 0 Å². The van der Waals surface area contributed by atoms with E-state index >= 15 is 0 Å². The zero-order chi connectivity index (χ0) is 12.3. The highest BCUT2D eigenvalue weighted by Gasteiger charge is 2.09. The van der Waals surface area contributed by atoms with Crippen molar-refractivity contribution in [2.24, 2.45) is 0 Å². The third kappa shape index (κ3) is 2.66. The van der Waals surface area contributed by atoms with Crippen LogP contribution in [-0.2, 0) is 6.54 Å². The van der Waals surface area contributed by atoms with Gasteiger partial charge >= 0.3 is 0 Å². The lowest BCUT2D eigenvalue weighted by atomic mass is 10.3. The number of anilines is 2. The number of nitrogens with one attached hydrogen (secondary N) is 1. The second kappa shape index (κ2) is 4.73. The monoisotopic (exact) mass is 236 g/mol. The zero-order valence-electron chi connectivity index (χ0n) is 8.82. The highest BCUT2D eigenvalue weighted by Crippen LogP contribution is 2.17. The minimum Gasteiger partial charge on any atom is -0.381 e. The Hall–Kier alpha value is -2.24. The Balaban J connectivity index is 2.12. The van der Waals surface area contributed by atoms with Gasteiger partial charge in [-0.1, -0.05) is 6.07 Å². The fraction of sp³-hybridized carbons (Fsp3) is 0.0909. The van der Waals surface area contributed by atoms with E-state index in [2.05, 4.69) is 15.3 Å². The van der Waals surface area contributed by atoms with Crippen LogP contribution in [0.4, 0.5) is 20.4 Å². The highest BCUT2D eigenvalue weighted by atomic mass is 19.1. The lowest BCUT2D eigenvalue weighted by molar-refractivity contribution is 0.579. The van der Waals surface area contributed by atoms with Crippen molar-refractivity contribution < 1.29 is 8.78 Å². The molecule has 0 aliphatic carbocycles. The van der Waals surface area contributed by atoms with Gasteiger partial charge in [-0.25, -0.2) is 13.8 Å².